The number of anilines is 2. The number of para-hydroxylation sites is 2. The monoisotopic (exact) mass is 960 g/mol. The first-order valence-corrected chi connectivity index (χ1v) is 27.3. The van der Waals surface area contributed by atoms with Crippen molar-refractivity contribution >= 4 is 35.0 Å². The van der Waals surface area contributed by atoms with Crippen molar-refractivity contribution < 1.29 is 37.6 Å². The summed E-state index contributed by atoms with van der Waals surface area (Å²) in [6, 6.07) is 34.6. The lowest BCUT2D eigenvalue weighted by Crippen LogP contribution is -2.78. The molecule has 4 aromatic carbocycles. The SMILES string of the molecule is O=C1c2ccccc2C(=O)N1CCC[N@+]12CCC34c5ccccc5N5C6OCC=C7C[N@+]8(CCCN9C(=O)c%10ccccc%10C9=O)CCC9%10c%11ccccc%11N(C%11OCC=C(C1)C(CC32)C%11C54)C9C6C7CC%108. The maximum atomic E-state index is 13.6. The van der Waals surface area contributed by atoms with Gasteiger partial charge < -0.3 is 28.2 Å². The first-order valence-electron chi connectivity index (χ1n) is 27.3. The molecule has 12 nitrogen and oxygen atoms in total. The van der Waals surface area contributed by atoms with E-state index in [0.29, 0.717) is 72.5 Å². The first kappa shape index (κ1) is 41.5. The van der Waals surface area contributed by atoms with Crippen molar-refractivity contribution in [1.29, 1.82) is 0 Å². The predicted molar refractivity (Wildman–Crippen MR) is 267 cm³/mol. The number of carbonyl (C=O) groups excluding carboxylic acids is 4. The maximum Gasteiger partial charge on any atom is 0.261 e. The molecule has 0 N–H and O–H groups in total. The van der Waals surface area contributed by atoms with E-state index in [9.17, 15) is 19.2 Å². The third-order valence-corrected chi connectivity index (χ3v) is 22.2. The Hall–Kier alpha value is -5.92. The second kappa shape index (κ2) is 14.0. The second-order valence-corrected chi connectivity index (χ2v) is 24.2. The zero-order valence-electron chi connectivity index (χ0n) is 40.6. The number of carbonyl (C=O) groups is 4. The summed E-state index contributed by atoms with van der Waals surface area (Å²) >= 11 is 0. The Morgan fingerprint density at radius 3 is 1.32 bits per heavy atom. The molecule has 7 fully saturated rings. The van der Waals surface area contributed by atoms with Crippen LogP contribution in [0.3, 0.4) is 0 Å². The van der Waals surface area contributed by atoms with Crippen LogP contribution in [0.4, 0.5) is 11.4 Å². The molecule has 11 aliphatic heterocycles. The third kappa shape index (κ3) is 4.73. The summed E-state index contributed by atoms with van der Waals surface area (Å²) in [6.45, 7) is 8.02. The molecular formula is C60H60N6O6+2. The van der Waals surface area contributed by atoms with Crippen LogP contribution in [0.15, 0.2) is 120 Å². The van der Waals surface area contributed by atoms with Crippen molar-refractivity contribution in [3.63, 3.8) is 0 Å². The van der Waals surface area contributed by atoms with Gasteiger partial charge in [0.2, 0.25) is 0 Å². The Bertz CT molecular complexity index is 2940. The first-order chi connectivity index (χ1) is 35.3. The van der Waals surface area contributed by atoms with E-state index in [1.807, 2.05) is 24.3 Å². The number of hydrogen-bond acceptors (Lipinski definition) is 8. The van der Waals surface area contributed by atoms with E-state index in [0.717, 1.165) is 86.8 Å². The molecule has 0 aromatic heterocycles. The summed E-state index contributed by atoms with van der Waals surface area (Å²) in [6.07, 6.45) is 10.6. The number of fused-ring (bicyclic) bond motifs is 8. The van der Waals surface area contributed by atoms with Gasteiger partial charge in [0.15, 0.2) is 0 Å². The topological polar surface area (TPSA) is 99.7 Å². The molecule has 4 bridgehead atoms. The molecule has 17 rings (SSSR count). The average molecular weight is 961 g/mol. The highest BCUT2D eigenvalue weighted by Gasteiger charge is 2.81. The van der Waals surface area contributed by atoms with Crippen molar-refractivity contribution in [1.82, 2.24) is 9.80 Å². The highest BCUT2D eigenvalue weighted by atomic mass is 16.5. The van der Waals surface area contributed by atoms with Gasteiger partial charge in [-0.1, -0.05) is 72.8 Å². The van der Waals surface area contributed by atoms with Gasteiger partial charge in [0, 0.05) is 86.7 Å². The molecule has 2 saturated carbocycles. The lowest BCUT2D eigenvalue weighted by molar-refractivity contribution is -0.943. The van der Waals surface area contributed by atoms with Crippen molar-refractivity contribution in [2.75, 3.05) is 75.4 Å². The molecule has 72 heavy (non-hydrogen) atoms. The minimum atomic E-state index is -0.157. The Labute approximate surface area is 419 Å². The highest BCUT2D eigenvalue weighted by Crippen LogP contribution is 2.72. The number of imide groups is 2. The number of benzene rings is 4. The minimum absolute atomic E-state index is 0.122. The van der Waals surface area contributed by atoms with E-state index in [-0.39, 0.29) is 70.8 Å². The quantitative estimate of drug-likeness (QED) is 0.110. The molecule has 364 valence electrons. The van der Waals surface area contributed by atoms with Crippen LogP contribution >= 0.6 is 0 Å². The van der Waals surface area contributed by atoms with Crippen LogP contribution in [0.5, 0.6) is 0 Å². The van der Waals surface area contributed by atoms with Crippen molar-refractivity contribution in [3.8, 4) is 0 Å². The number of ether oxygens (including phenoxy) is 2. The lowest BCUT2D eigenvalue weighted by Gasteiger charge is -2.65. The molecule has 11 heterocycles. The van der Waals surface area contributed by atoms with Gasteiger partial charge in [-0.15, -0.1) is 0 Å². The normalized spacial score (nSPS) is 40.0. The smallest absolute Gasteiger partial charge is 0.261 e. The molecule has 2 aliphatic carbocycles. The molecule has 5 saturated heterocycles. The number of nitrogens with zero attached hydrogens (tertiary/aromatic N) is 6. The summed E-state index contributed by atoms with van der Waals surface area (Å²) in [4.78, 5) is 63.4. The molecule has 2 spiro atoms. The van der Waals surface area contributed by atoms with E-state index in [1.165, 1.54) is 32.3 Å². The van der Waals surface area contributed by atoms with Gasteiger partial charge in [0.05, 0.1) is 84.6 Å². The van der Waals surface area contributed by atoms with E-state index >= 15 is 0 Å². The minimum Gasteiger partial charge on any atom is -0.354 e. The Kier molecular flexibility index (Phi) is 8.09. The lowest BCUT2D eigenvalue weighted by atomic mass is 9.52. The van der Waals surface area contributed by atoms with Gasteiger partial charge in [-0.3, -0.25) is 29.0 Å². The highest BCUT2D eigenvalue weighted by molar-refractivity contribution is 6.22. The molecule has 14 atom stereocenters. The van der Waals surface area contributed by atoms with Crippen LogP contribution in [0, 0.1) is 23.7 Å². The average Bonchev–Trinajstić information content (AvgIpc) is 4.17. The summed E-state index contributed by atoms with van der Waals surface area (Å²) in [5.74, 6) is 0.471. The standard InChI is InChI=1S/C60H60N6O6/c67-53-37-11-1-2-12-38(37)54(68)61(53)23-9-25-65-27-21-59-43-15-5-7-17-45(43)63-51(59)49-41(31-47(59)65)35(33-65)19-29-71-57(49)64-46-18-8-6-16-44(46)60-22-28-66(26-10-24-62-55(69)39-13-3-4-14-40(39)56(62)70)34-36-20-30-72-58(63)50(52(60)64)42(36)32-48(60)66/h1-8,11-20,41-42,47-52,57-58H,9-10,21-34H2/q+2/t41?,42?,47?,48?,49?,50?,51?,52?,57?,58?,59?,60?,65-,66-/m0/s1. The van der Waals surface area contributed by atoms with Gasteiger partial charge in [-0.05, 0) is 58.7 Å². The molecule has 4 aromatic rings. The second-order valence-electron chi connectivity index (χ2n) is 24.2. The van der Waals surface area contributed by atoms with E-state index in [1.54, 1.807) is 35.4 Å². The van der Waals surface area contributed by atoms with Gasteiger partial charge in [-0.25, -0.2) is 0 Å². The largest absolute Gasteiger partial charge is 0.354 e. The van der Waals surface area contributed by atoms with Gasteiger partial charge >= 0.3 is 0 Å². The molecule has 12 unspecified atom stereocenters. The number of amides is 4. The number of hydrogen-bond donors (Lipinski definition) is 0. The van der Waals surface area contributed by atoms with Crippen LogP contribution in [0.1, 0.15) is 91.1 Å². The summed E-state index contributed by atoms with van der Waals surface area (Å²) in [5.41, 5.74) is 10.7. The van der Waals surface area contributed by atoms with E-state index in [4.69, 9.17) is 9.47 Å². The van der Waals surface area contributed by atoms with Crippen molar-refractivity contribution in [3.05, 3.63) is 154 Å². The Morgan fingerprint density at radius 2 is 0.903 bits per heavy atom. The maximum absolute atomic E-state index is 13.6. The van der Waals surface area contributed by atoms with Crippen molar-refractivity contribution in [2.45, 2.75) is 86.0 Å². The summed E-state index contributed by atoms with van der Waals surface area (Å²) in [7, 11) is 0. The van der Waals surface area contributed by atoms with Gasteiger partial charge in [0.25, 0.3) is 23.6 Å². The molecule has 4 amide bonds. The Morgan fingerprint density at radius 1 is 0.514 bits per heavy atom. The molecule has 12 heteroatoms. The zero-order chi connectivity index (χ0) is 47.6. The molecule has 13 aliphatic rings. The van der Waals surface area contributed by atoms with Crippen LogP contribution in [0.25, 0.3) is 0 Å². The molecule has 0 radical (unpaired) electrons. The van der Waals surface area contributed by atoms with Crippen LogP contribution in [-0.2, 0) is 20.3 Å². The van der Waals surface area contributed by atoms with E-state index < -0.39 is 0 Å². The van der Waals surface area contributed by atoms with Crippen LogP contribution in [0.2, 0.25) is 0 Å². The fraction of sp³-hybridized carbons (Fsp3) is 0.467. The van der Waals surface area contributed by atoms with Crippen LogP contribution in [-0.4, -0.2) is 145 Å². The predicted octanol–water partition coefficient (Wildman–Crippen LogP) is 6.67. The molecular weight excluding hydrogens is 901 g/mol. The van der Waals surface area contributed by atoms with Crippen molar-refractivity contribution in [2.24, 2.45) is 23.7 Å². The zero-order valence-corrected chi connectivity index (χ0v) is 40.6. The van der Waals surface area contributed by atoms with Crippen LogP contribution < -0.4 is 9.80 Å². The Balaban J connectivity index is 0.772. The summed E-state index contributed by atoms with van der Waals surface area (Å²) in [5, 5.41) is 0. The van der Waals surface area contributed by atoms with Gasteiger partial charge in [-0.2, -0.15) is 0 Å². The number of quaternary nitrogens is 2. The summed E-state index contributed by atoms with van der Waals surface area (Å²) < 4.78 is 17.3. The fourth-order valence-electron chi connectivity index (χ4n) is 20.0. The van der Waals surface area contributed by atoms with E-state index in [2.05, 4.69) is 70.5 Å². The third-order valence-electron chi connectivity index (χ3n) is 22.2. The number of piperidine rings is 2. The fourth-order valence-corrected chi connectivity index (χ4v) is 20.0. The number of rotatable bonds is 8. The van der Waals surface area contributed by atoms with Gasteiger partial charge in [0.1, 0.15) is 37.6 Å².